The zero-order chi connectivity index (χ0) is 17.1. The topological polar surface area (TPSA) is 38.3 Å². The summed E-state index contributed by atoms with van der Waals surface area (Å²) in [5.74, 6) is 0.618. The fourth-order valence-corrected chi connectivity index (χ4v) is 2.78. The van der Waals surface area contributed by atoms with Gasteiger partial charge in [0.25, 0.3) is 5.91 Å². The highest BCUT2D eigenvalue weighted by atomic mass is 16.5. The van der Waals surface area contributed by atoms with E-state index in [-0.39, 0.29) is 5.91 Å². The summed E-state index contributed by atoms with van der Waals surface area (Å²) in [5, 5.41) is 5.10. The highest BCUT2D eigenvalue weighted by Gasteiger charge is 2.17. The van der Waals surface area contributed by atoms with Crippen LogP contribution in [-0.2, 0) is 4.79 Å². The number of carbonyl (C=O) groups excluding carboxylic acids is 1. The van der Waals surface area contributed by atoms with Gasteiger partial charge in [0.2, 0.25) is 0 Å². The van der Waals surface area contributed by atoms with E-state index in [0.29, 0.717) is 0 Å². The lowest BCUT2D eigenvalue weighted by molar-refractivity contribution is -0.122. The first-order chi connectivity index (χ1) is 11.6. The van der Waals surface area contributed by atoms with E-state index in [1.165, 1.54) is 0 Å². The van der Waals surface area contributed by atoms with Gasteiger partial charge >= 0.3 is 0 Å². The van der Waals surface area contributed by atoms with E-state index in [4.69, 9.17) is 4.74 Å². The standard InChI is InChI=1S/C21H21NO2/c1-14-8-6-9-15(2)20(14)24-16(3)21(23)22-19-13-7-11-17-10-4-5-12-18(17)19/h4-13,16H,1-3H3,(H,22,23). The van der Waals surface area contributed by atoms with Crippen molar-refractivity contribution in [2.75, 3.05) is 5.32 Å². The fraction of sp³-hybridized carbons (Fsp3) is 0.190. The molecule has 0 radical (unpaired) electrons. The molecular formula is C21H21NO2. The molecule has 3 aromatic carbocycles. The number of nitrogens with one attached hydrogen (secondary N) is 1. The average molecular weight is 319 g/mol. The van der Waals surface area contributed by atoms with Crippen LogP contribution >= 0.6 is 0 Å². The van der Waals surface area contributed by atoms with Gasteiger partial charge in [0.05, 0.1) is 0 Å². The van der Waals surface area contributed by atoms with Gasteiger partial charge < -0.3 is 10.1 Å². The maximum Gasteiger partial charge on any atom is 0.265 e. The number of para-hydroxylation sites is 1. The molecule has 0 saturated carbocycles. The van der Waals surface area contributed by atoms with Crippen LogP contribution in [0.15, 0.2) is 60.7 Å². The maximum atomic E-state index is 12.5. The summed E-state index contributed by atoms with van der Waals surface area (Å²) in [4.78, 5) is 12.5. The van der Waals surface area contributed by atoms with Gasteiger partial charge in [-0.1, -0.05) is 54.6 Å². The molecule has 0 aliphatic heterocycles. The molecule has 3 rings (SSSR count). The normalized spacial score (nSPS) is 12.0. The number of hydrogen-bond acceptors (Lipinski definition) is 2. The lowest BCUT2D eigenvalue weighted by Gasteiger charge is -2.18. The second-order valence-corrected chi connectivity index (χ2v) is 6.00. The number of carbonyl (C=O) groups is 1. The smallest absolute Gasteiger partial charge is 0.265 e. The van der Waals surface area contributed by atoms with Crippen molar-refractivity contribution in [2.45, 2.75) is 26.9 Å². The molecule has 3 heteroatoms. The minimum atomic E-state index is -0.580. The molecule has 0 spiro atoms. The molecular weight excluding hydrogens is 298 g/mol. The Kier molecular flexibility index (Phi) is 4.52. The molecule has 0 aromatic heterocycles. The molecule has 0 fully saturated rings. The molecule has 1 amide bonds. The Morgan fingerprint density at radius 2 is 1.54 bits per heavy atom. The van der Waals surface area contributed by atoms with Gasteiger partial charge in [0.1, 0.15) is 5.75 Å². The molecule has 1 N–H and O–H groups in total. The summed E-state index contributed by atoms with van der Waals surface area (Å²) in [5.41, 5.74) is 2.86. The zero-order valence-electron chi connectivity index (χ0n) is 14.2. The lowest BCUT2D eigenvalue weighted by atomic mass is 10.1. The molecule has 3 nitrogen and oxygen atoms in total. The molecule has 0 bridgehead atoms. The third-order valence-corrected chi connectivity index (χ3v) is 4.12. The Morgan fingerprint density at radius 1 is 0.917 bits per heavy atom. The Morgan fingerprint density at radius 3 is 2.29 bits per heavy atom. The van der Waals surface area contributed by atoms with Crippen molar-refractivity contribution in [3.05, 3.63) is 71.8 Å². The van der Waals surface area contributed by atoms with Gasteiger partial charge in [0.15, 0.2) is 6.10 Å². The predicted molar refractivity (Wildman–Crippen MR) is 98.6 cm³/mol. The summed E-state index contributed by atoms with van der Waals surface area (Å²) in [6.45, 7) is 5.74. The molecule has 1 atom stereocenters. The third kappa shape index (κ3) is 3.25. The van der Waals surface area contributed by atoms with Gasteiger partial charge in [-0.2, -0.15) is 0 Å². The minimum Gasteiger partial charge on any atom is -0.480 e. The van der Waals surface area contributed by atoms with Crippen LogP contribution < -0.4 is 10.1 Å². The number of rotatable bonds is 4. The molecule has 0 heterocycles. The van der Waals surface area contributed by atoms with Crippen molar-refractivity contribution >= 4 is 22.4 Å². The van der Waals surface area contributed by atoms with Crippen molar-refractivity contribution in [1.29, 1.82) is 0 Å². The summed E-state index contributed by atoms with van der Waals surface area (Å²) < 4.78 is 5.91. The lowest BCUT2D eigenvalue weighted by Crippen LogP contribution is -2.30. The van der Waals surface area contributed by atoms with E-state index >= 15 is 0 Å². The Hall–Kier alpha value is -2.81. The van der Waals surface area contributed by atoms with Crippen LogP contribution in [0.1, 0.15) is 18.1 Å². The fourth-order valence-electron chi connectivity index (χ4n) is 2.78. The quantitative estimate of drug-likeness (QED) is 0.745. The maximum absolute atomic E-state index is 12.5. The third-order valence-electron chi connectivity index (χ3n) is 4.12. The van der Waals surface area contributed by atoms with Gasteiger partial charge in [-0.3, -0.25) is 4.79 Å². The van der Waals surface area contributed by atoms with E-state index < -0.39 is 6.10 Å². The van der Waals surface area contributed by atoms with Crippen LogP contribution in [-0.4, -0.2) is 12.0 Å². The number of anilines is 1. The highest BCUT2D eigenvalue weighted by Crippen LogP contribution is 2.25. The highest BCUT2D eigenvalue weighted by molar-refractivity contribution is 6.03. The van der Waals surface area contributed by atoms with Crippen LogP contribution in [0, 0.1) is 13.8 Å². The van der Waals surface area contributed by atoms with Crippen molar-refractivity contribution in [3.8, 4) is 5.75 Å². The molecule has 3 aromatic rings. The van der Waals surface area contributed by atoms with E-state index in [9.17, 15) is 4.79 Å². The van der Waals surface area contributed by atoms with Crippen molar-refractivity contribution in [3.63, 3.8) is 0 Å². The average Bonchev–Trinajstić information content (AvgIpc) is 2.58. The van der Waals surface area contributed by atoms with Crippen LogP contribution in [0.2, 0.25) is 0 Å². The zero-order valence-corrected chi connectivity index (χ0v) is 14.2. The van der Waals surface area contributed by atoms with E-state index in [2.05, 4.69) is 5.32 Å². The molecule has 122 valence electrons. The first kappa shape index (κ1) is 16.1. The van der Waals surface area contributed by atoms with Crippen molar-refractivity contribution in [1.82, 2.24) is 0 Å². The summed E-state index contributed by atoms with van der Waals surface area (Å²) >= 11 is 0. The number of fused-ring (bicyclic) bond motifs is 1. The van der Waals surface area contributed by atoms with E-state index in [1.807, 2.05) is 74.5 Å². The van der Waals surface area contributed by atoms with E-state index in [0.717, 1.165) is 33.3 Å². The van der Waals surface area contributed by atoms with Crippen LogP contribution in [0.5, 0.6) is 5.75 Å². The number of ether oxygens (including phenoxy) is 1. The molecule has 0 aliphatic rings. The number of hydrogen-bond donors (Lipinski definition) is 1. The number of benzene rings is 3. The summed E-state index contributed by atoms with van der Waals surface area (Å²) in [6.07, 6.45) is -0.580. The summed E-state index contributed by atoms with van der Waals surface area (Å²) in [7, 11) is 0. The van der Waals surface area contributed by atoms with Gasteiger partial charge in [0, 0.05) is 11.1 Å². The minimum absolute atomic E-state index is 0.158. The SMILES string of the molecule is Cc1cccc(C)c1OC(C)C(=O)Nc1cccc2ccccc12. The largest absolute Gasteiger partial charge is 0.480 e. The van der Waals surface area contributed by atoms with E-state index in [1.54, 1.807) is 6.92 Å². The first-order valence-electron chi connectivity index (χ1n) is 8.08. The number of amides is 1. The first-order valence-corrected chi connectivity index (χ1v) is 8.08. The van der Waals surface area contributed by atoms with Crippen LogP contribution in [0.3, 0.4) is 0 Å². The predicted octanol–water partition coefficient (Wildman–Crippen LogP) is 4.86. The van der Waals surface area contributed by atoms with Crippen molar-refractivity contribution < 1.29 is 9.53 Å². The Bertz CT molecular complexity index is 860. The van der Waals surface area contributed by atoms with Crippen LogP contribution in [0.25, 0.3) is 10.8 Å². The second kappa shape index (κ2) is 6.75. The van der Waals surface area contributed by atoms with Crippen molar-refractivity contribution in [2.24, 2.45) is 0 Å². The van der Waals surface area contributed by atoms with Gasteiger partial charge in [-0.05, 0) is 43.4 Å². The molecule has 0 saturated heterocycles. The van der Waals surface area contributed by atoms with Crippen LogP contribution in [0.4, 0.5) is 5.69 Å². The molecule has 0 aliphatic carbocycles. The Balaban J connectivity index is 1.79. The van der Waals surface area contributed by atoms with Gasteiger partial charge in [-0.15, -0.1) is 0 Å². The monoisotopic (exact) mass is 319 g/mol. The number of aryl methyl sites for hydroxylation is 2. The van der Waals surface area contributed by atoms with Gasteiger partial charge in [-0.25, -0.2) is 0 Å². The molecule has 1 unspecified atom stereocenters. The second-order valence-electron chi connectivity index (χ2n) is 6.00. The molecule has 24 heavy (non-hydrogen) atoms. The Labute approximate surface area is 142 Å². The summed E-state index contributed by atoms with van der Waals surface area (Å²) in [6, 6.07) is 19.8.